The first kappa shape index (κ1) is 15.7. The number of hydrogen-bond acceptors (Lipinski definition) is 2. The maximum Gasteiger partial charge on any atom is 0.0190 e. The molecule has 0 aromatic rings. The molecule has 0 spiro atoms. The van der Waals surface area contributed by atoms with Crippen molar-refractivity contribution in [3.05, 3.63) is 12.2 Å². The lowest BCUT2D eigenvalue weighted by atomic mass is 10.1. The summed E-state index contributed by atoms with van der Waals surface area (Å²) >= 11 is 0. The van der Waals surface area contributed by atoms with Gasteiger partial charge in [0.05, 0.1) is 0 Å². The second-order valence-electron chi connectivity index (χ2n) is 5.26. The average Bonchev–Trinajstić information content (AvgIpc) is 2.20. The van der Waals surface area contributed by atoms with Crippen molar-refractivity contribution >= 4 is 0 Å². The number of nitrogens with zero attached hydrogens (tertiary/aromatic N) is 1. The Balaban J connectivity index is 3.74. The molecule has 1 atom stereocenters. The topological polar surface area (TPSA) is 15.3 Å². The van der Waals surface area contributed by atoms with Crippen LogP contribution in [0.2, 0.25) is 0 Å². The van der Waals surface area contributed by atoms with E-state index in [4.69, 9.17) is 0 Å². The summed E-state index contributed by atoms with van der Waals surface area (Å²) in [6, 6.07) is 0.640. The maximum absolute atomic E-state index is 3.99. The number of nitrogens with one attached hydrogen (secondary N) is 1. The van der Waals surface area contributed by atoms with Gasteiger partial charge in [-0.1, -0.05) is 32.9 Å². The van der Waals surface area contributed by atoms with Crippen LogP contribution in [0, 0.1) is 5.92 Å². The summed E-state index contributed by atoms with van der Waals surface area (Å²) < 4.78 is 0. The molecule has 0 aliphatic rings. The van der Waals surface area contributed by atoms with Gasteiger partial charge in [-0.3, -0.25) is 4.90 Å². The van der Waals surface area contributed by atoms with Gasteiger partial charge in [0.1, 0.15) is 0 Å². The first-order chi connectivity index (χ1) is 7.47. The van der Waals surface area contributed by atoms with Gasteiger partial charge < -0.3 is 5.32 Å². The zero-order valence-electron chi connectivity index (χ0n) is 11.8. The quantitative estimate of drug-likeness (QED) is 0.480. The second kappa shape index (κ2) is 8.77. The highest BCUT2D eigenvalue weighted by atomic mass is 15.1. The Kier molecular flexibility index (Phi) is 8.58. The predicted molar refractivity (Wildman–Crippen MR) is 73.8 cm³/mol. The summed E-state index contributed by atoms with van der Waals surface area (Å²) in [4.78, 5) is 2.49. The lowest BCUT2D eigenvalue weighted by molar-refractivity contribution is 0.226. The van der Waals surface area contributed by atoms with Crippen LogP contribution in [0.5, 0.6) is 0 Å². The van der Waals surface area contributed by atoms with Gasteiger partial charge in [-0.2, -0.15) is 0 Å². The van der Waals surface area contributed by atoms with Gasteiger partial charge in [-0.05, 0) is 45.8 Å². The Labute approximate surface area is 102 Å². The molecule has 0 aliphatic carbocycles. The molecule has 0 amide bonds. The van der Waals surface area contributed by atoms with Crippen LogP contribution >= 0.6 is 0 Å². The molecule has 1 unspecified atom stereocenters. The van der Waals surface area contributed by atoms with E-state index in [1.54, 1.807) is 0 Å². The SMILES string of the molecule is C=C(C)CN(CC)C(C)CCNCC(C)C. The zero-order chi connectivity index (χ0) is 12.6. The fourth-order valence-corrected chi connectivity index (χ4v) is 1.81. The summed E-state index contributed by atoms with van der Waals surface area (Å²) in [5, 5.41) is 3.50. The molecule has 0 fully saturated rings. The Bertz CT molecular complexity index is 187. The van der Waals surface area contributed by atoms with E-state index in [1.165, 1.54) is 12.0 Å². The first-order valence-electron chi connectivity index (χ1n) is 6.56. The monoisotopic (exact) mass is 226 g/mol. The van der Waals surface area contributed by atoms with Crippen LogP contribution < -0.4 is 5.32 Å². The van der Waals surface area contributed by atoms with Crippen LogP contribution in [0.3, 0.4) is 0 Å². The van der Waals surface area contributed by atoms with E-state index < -0.39 is 0 Å². The van der Waals surface area contributed by atoms with Crippen molar-refractivity contribution in [1.82, 2.24) is 10.2 Å². The molecular weight excluding hydrogens is 196 g/mol. The van der Waals surface area contributed by atoms with Gasteiger partial charge in [0.15, 0.2) is 0 Å². The molecule has 0 saturated heterocycles. The van der Waals surface area contributed by atoms with E-state index in [1.807, 2.05) is 0 Å². The molecule has 0 saturated carbocycles. The standard InChI is InChI=1S/C14H30N2/c1-7-16(11-13(4)5)14(6)8-9-15-10-12(2)3/h12,14-15H,4,7-11H2,1-3,5-6H3. The molecule has 96 valence electrons. The predicted octanol–water partition coefficient (Wildman–Crippen LogP) is 2.91. The smallest absolute Gasteiger partial charge is 0.0190 e. The highest BCUT2D eigenvalue weighted by Gasteiger charge is 2.11. The molecule has 0 aromatic heterocycles. The van der Waals surface area contributed by atoms with Gasteiger partial charge in [0.25, 0.3) is 0 Å². The summed E-state index contributed by atoms with van der Waals surface area (Å²) in [6.45, 7) is 19.5. The van der Waals surface area contributed by atoms with E-state index in [-0.39, 0.29) is 0 Å². The Morgan fingerprint density at radius 1 is 1.31 bits per heavy atom. The van der Waals surface area contributed by atoms with E-state index in [2.05, 4.69) is 51.4 Å². The highest BCUT2D eigenvalue weighted by Crippen LogP contribution is 2.05. The molecule has 0 radical (unpaired) electrons. The minimum absolute atomic E-state index is 0.640. The van der Waals surface area contributed by atoms with E-state index >= 15 is 0 Å². The summed E-state index contributed by atoms with van der Waals surface area (Å²) in [5.41, 5.74) is 1.25. The molecule has 2 heteroatoms. The summed E-state index contributed by atoms with van der Waals surface area (Å²) in [7, 11) is 0. The Morgan fingerprint density at radius 2 is 1.94 bits per heavy atom. The number of likely N-dealkylation sites (N-methyl/N-ethyl adjacent to an activating group) is 1. The van der Waals surface area contributed by atoms with E-state index in [0.29, 0.717) is 6.04 Å². The second-order valence-corrected chi connectivity index (χ2v) is 5.26. The third-order valence-corrected chi connectivity index (χ3v) is 2.79. The molecule has 1 N–H and O–H groups in total. The van der Waals surface area contributed by atoms with Crippen LogP contribution in [-0.4, -0.2) is 37.1 Å². The maximum atomic E-state index is 3.99. The Morgan fingerprint density at radius 3 is 2.38 bits per heavy atom. The third kappa shape index (κ3) is 7.89. The lowest BCUT2D eigenvalue weighted by Gasteiger charge is -2.28. The molecule has 16 heavy (non-hydrogen) atoms. The van der Waals surface area contributed by atoms with Crippen molar-refractivity contribution in [2.24, 2.45) is 5.92 Å². The fourth-order valence-electron chi connectivity index (χ4n) is 1.81. The summed E-state index contributed by atoms with van der Waals surface area (Å²) in [5.74, 6) is 0.744. The van der Waals surface area contributed by atoms with Crippen molar-refractivity contribution in [2.45, 2.75) is 47.1 Å². The van der Waals surface area contributed by atoms with Gasteiger partial charge >= 0.3 is 0 Å². The van der Waals surface area contributed by atoms with Crippen molar-refractivity contribution in [3.63, 3.8) is 0 Å². The lowest BCUT2D eigenvalue weighted by Crippen LogP contribution is -2.36. The van der Waals surface area contributed by atoms with Crippen LogP contribution in [-0.2, 0) is 0 Å². The molecule has 0 aliphatic heterocycles. The molecule has 0 aromatic carbocycles. The van der Waals surface area contributed by atoms with Crippen molar-refractivity contribution < 1.29 is 0 Å². The third-order valence-electron chi connectivity index (χ3n) is 2.79. The Hall–Kier alpha value is -0.340. The van der Waals surface area contributed by atoms with Crippen LogP contribution in [0.1, 0.15) is 41.0 Å². The highest BCUT2D eigenvalue weighted by molar-refractivity contribution is 4.92. The average molecular weight is 226 g/mol. The van der Waals surface area contributed by atoms with Gasteiger partial charge in [0.2, 0.25) is 0 Å². The van der Waals surface area contributed by atoms with Crippen LogP contribution in [0.4, 0.5) is 0 Å². The van der Waals surface area contributed by atoms with Crippen molar-refractivity contribution in [2.75, 3.05) is 26.2 Å². The molecule has 2 nitrogen and oxygen atoms in total. The minimum Gasteiger partial charge on any atom is -0.316 e. The van der Waals surface area contributed by atoms with Crippen LogP contribution in [0.15, 0.2) is 12.2 Å². The number of rotatable bonds is 9. The van der Waals surface area contributed by atoms with Crippen molar-refractivity contribution in [3.8, 4) is 0 Å². The summed E-state index contributed by atoms with van der Waals surface area (Å²) in [6.07, 6.45) is 1.22. The van der Waals surface area contributed by atoms with E-state index in [0.717, 1.165) is 32.1 Å². The molecular formula is C14H30N2. The normalized spacial score (nSPS) is 13.4. The van der Waals surface area contributed by atoms with Crippen LogP contribution in [0.25, 0.3) is 0 Å². The van der Waals surface area contributed by atoms with Gasteiger partial charge in [0, 0.05) is 12.6 Å². The first-order valence-corrected chi connectivity index (χ1v) is 6.56. The molecule has 0 heterocycles. The fraction of sp³-hybridized carbons (Fsp3) is 0.857. The minimum atomic E-state index is 0.640. The van der Waals surface area contributed by atoms with E-state index in [9.17, 15) is 0 Å². The molecule has 0 rings (SSSR count). The largest absolute Gasteiger partial charge is 0.316 e. The van der Waals surface area contributed by atoms with Crippen molar-refractivity contribution in [1.29, 1.82) is 0 Å². The molecule has 0 bridgehead atoms. The zero-order valence-corrected chi connectivity index (χ0v) is 11.8. The number of hydrogen-bond donors (Lipinski definition) is 1. The van der Waals surface area contributed by atoms with Gasteiger partial charge in [-0.25, -0.2) is 0 Å². The van der Waals surface area contributed by atoms with Gasteiger partial charge in [-0.15, -0.1) is 0 Å².